The Balaban J connectivity index is 2.73. The third-order valence-corrected chi connectivity index (χ3v) is 3.42. The average Bonchev–Trinajstić information content (AvgIpc) is 2.44. The van der Waals surface area contributed by atoms with Crippen LogP contribution in [-0.4, -0.2) is 29.8 Å². The van der Waals surface area contributed by atoms with Gasteiger partial charge in [0, 0.05) is 24.3 Å². The molecule has 1 atom stereocenters. The molecule has 0 aromatic heterocycles. The van der Waals surface area contributed by atoms with Crippen LogP contribution < -0.4 is 5.32 Å². The summed E-state index contributed by atoms with van der Waals surface area (Å²) >= 11 is 0. The molecular formula is C16H24N2O2. The molecule has 4 nitrogen and oxygen atoms in total. The summed E-state index contributed by atoms with van der Waals surface area (Å²) in [5, 5.41) is 2.85. The molecule has 1 aromatic rings. The van der Waals surface area contributed by atoms with Crippen molar-refractivity contribution in [2.75, 3.05) is 18.4 Å². The number of ketones is 1. The van der Waals surface area contributed by atoms with E-state index >= 15 is 0 Å². The Morgan fingerprint density at radius 1 is 1.30 bits per heavy atom. The summed E-state index contributed by atoms with van der Waals surface area (Å²) in [6.45, 7) is 9.14. The first kappa shape index (κ1) is 16.2. The lowest BCUT2D eigenvalue weighted by atomic mass is 10.1. The molecule has 0 saturated carbocycles. The van der Waals surface area contributed by atoms with Crippen molar-refractivity contribution in [3.8, 4) is 0 Å². The Morgan fingerprint density at radius 3 is 2.55 bits per heavy atom. The zero-order valence-corrected chi connectivity index (χ0v) is 12.8. The van der Waals surface area contributed by atoms with E-state index < -0.39 is 0 Å². The van der Waals surface area contributed by atoms with E-state index in [-0.39, 0.29) is 11.8 Å². The van der Waals surface area contributed by atoms with E-state index in [1.54, 1.807) is 29.2 Å². The van der Waals surface area contributed by atoms with Crippen LogP contribution in [0.2, 0.25) is 0 Å². The summed E-state index contributed by atoms with van der Waals surface area (Å²) in [5.74, 6) is 0.470. The van der Waals surface area contributed by atoms with Crippen LogP contribution in [0.5, 0.6) is 0 Å². The predicted molar refractivity (Wildman–Crippen MR) is 82.2 cm³/mol. The Labute approximate surface area is 121 Å². The van der Waals surface area contributed by atoms with Gasteiger partial charge in [-0.15, -0.1) is 0 Å². The second-order valence-corrected chi connectivity index (χ2v) is 5.12. The van der Waals surface area contributed by atoms with Crippen LogP contribution >= 0.6 is 0 Å². The summed E-state index contributed by atoms with van der Waals surface area (Å²) in [6.07, 6.45) is 1.05. The lowest BCUT2D eigenvalue weighted by Crippen LogP contribution is -2.37. The van der Waals surface area contributed by atoms with Gasteiger partial charge in [-0.3, -0.25) is 4.79 Å². The Hall–Kier alpha value is -1.84. The van der Waals surface area contributed by atoms with Gasteiger partial charge in [-0.05, 0) is 31.9 Å². The van der Waals surface area contributed by atoms with E-state index in [2.05, 4.69) is 19.2 Å². The van der Waals surface area contributed by atoms with Gasteiger partial charge in [0.2, 0.25) is 0 Å². The molecule has 4 heteroatoms. The topological polar surface area (TPSA) is 49.4 Å². The zero-order chi connectivity index (χ0) is 15.1. The van der Waals surface area contributed by atoms with Crippen molar-refractivity contribution >= 4 is 17.5 Å². The van der Waals surface area contributed by atoms with Gasteiger partial charge < -0.3 is 10.2 Å². The SMILES string of the molecule is CCC(C)CN(CC)C(=O)Nc1cccc(C(C)=O)c1. The second-order valence-electron chi connectivity index (χ2n) is 5.12. The second kappa shape index (κ2) is 7.68. The number of hydrogen-bond acceptors (Lipinski definition) is 2. The lowest BCUT2D eigenvalue weighted by molar-refractivity contribution is 0.101. The highest BCUT2D eigenvalue weighted by atomic mass is 16.2. The van der Waals surface area contributed by atoms with Gasteiger partial charge in [0.25, 0.3) is 0 Å². The number of benzene rings is 1. The lowest BCUT2D eigenvalue weighted by Gasteiger charge is -2.24. The Bertz CT molecular complexity index is 471. The summed E-state index contributed by atoms with van der Waals surface area (Å²) in [5.41, 5.74) is 1.26. The molecule has 0 spiro atoms. The maximum Gasteiger partial charge on any atom is 0.321 e. The van der Waals surface area contributed by atoms with E-state index in [9.17, 15) is 9.59 Å². The molecule has 110 valence electrons. The molecule has 1 unspecified atom stereocenters. The molecule has 0 aliphatic heterocycles. The number of Topliss-reactive ketones (excluding diaryl/α,β-unsaturated/α-hetero) is 1. The van der Waals surface area contributed by atoms with Crippen LogP contribution in [0.4, 0.5) is 10.5 Å². The largest absolute Gasteiger partial charge is 0.325 e. The molecular weight excluding hydrogens is 252 g/mol. The number of anilines is 1. The van der Waals surface area contributed by atoms with Crippen LogP contribution in [0.15, 0.2) is 24.3 Å². The molecule has 0 aliphatic rings. The first-order valence-electron chi connectivity index (χ1n) is 7.14. The van der Waals surface area contributed by atoms with Gasteiger partial charge in [-0.1, -0.05) is 32.4 Å². The summed E-state index contributed by atoms with van der Waals surface area (Å²) in [7, 11) is 0. The average molecular weight is 276 g/mol. The van der Waals surface area contributed by atoms with Gasteiger partial charge in [0.15, 0.2) is 5.78 Å². The normalized spacial score (nSPS) is 11.8. The maximum atomic E-state index is 12.2. The van der Waals surface area contributed by atoms with Crippen LogP contribution in [-0.2, 0) is 0 Å². The zero-order valence-electron chi connectivity index (χ0n) is 12.8. The van der Waals surface area contributed by atoms with Crippen molar-refractivity contribution in [2.45, 2.75) is 34.1 Å². The van der Waals surface area contributed by atoms with Gasteiger partial charge in [-0.2, -0.15) is 0 Å². The Morgan fingerprint density at radius 2 is 2.00 bits per heavy atom. The first-order chi connectivity index (χ1) is 9.47. The number of nitrogens with zero attached hydrogens (tertiary/aromatic N) is 1. The van der Waals surface area contributed by atoms with E-state index in [1.807, 2.05) is 6.92 Å². The number of hydrogen-bond donors (Lipinski definition) is 1. The van der Waals surface area contributed by atoms with Crippen LogP contribution in [0.1, 0.15) is 44.5 Å². The standard InChI is InChI=1S/C16H24N2O2/c1-5-12(3)11-18(6-2)16(20)17-15-9-7-8-14(10-15)13(4)19/h7-10,12H,5-6,11H2,1-4H3,(H,17,20). The van der Waals surface area contributed by atoms with E-state index in [0.29, 0.717) is 23.7 Å². The summed E-state index contributed by atoms with van der Waals surface area (Å²) in [6, 6.07) is 6.90. The van der Waals surface area contributed by atoms with Crippen molar-refractivity contribution < 1.29 is 9.59 Å². The monoisotopic (exact) mass is 276 g/mol. The van der Waals surface area contributed by atoms with Crippen molar-refractivity contribution in [1.82, 2.24) is 4.90 Å². The molecule has 0 saturated heterocycles. The van der Waals surface area contributed by atoms with Crippen molar-refractivity contribution in [3.05, 3.63) is 29.8 Å². The molecule has 1 aromatic carbocycles. The highest BCUT2D eigenvalue weighted by molar-refractivity contribution is 5.96. The minimum atomic E-state index is -0.117. The molecule has 2 amide bonds. The fourth-order valence-electron chi connectivity index (χ4n) is 1.88. The van der Waals surface area contributed by atoms with Crippen LogP contribution in [0, 0.1) is 5.92 Å². The maximum absolute atomic E-state index is 12.2. The van der Waals surface area contributed by atoms with Gasteiger partial charge in [0.1, 0.15) is 0 Å². The molecule has 0 aliphatic carbocycles. The molecule has 20 heavy (non-hydrogen) atoms. The third-order valence-electron chi connectivity index (χ3n) is 3.42. The minimum Gasteiger partial charge on any atom is -0.325 e. The number of nitrogens with one attached hydrogen (secondary N) is 1. The number of carbonyl (C=O) groups is 2. The fraction of sp³-hybridized carbons (Fsp3) is 0.500. The van der Waals surface area contributed by atoms with Gasteiger partial charge in [-0.25, -0.2) is 4.79 Å². The molecule has 0 radical (unpaired) electrons. The minimum absolute atomic E-state index is 0.00643. The number of amides is 2. The highest BCUT2D eigenvalue weighted by Gasteiger charge is 2.14. The Kier molecular flexibility index (Phi) is 6.22. The van der Waals surface area contributed by atoms with Gasteiger partial charge in [0.05, 0.1) is 0 Å². The number of carbonyl (C=O) groups excluding carboxylic acids is 2. The van der Waals surface area contributed by atoms with Crippen molar-refractivity contribution in [1.29, 1.82) is 0 Å². The summed E-state index contributed by atoms with van der Waals surface area (Å²) in [4.78, 5) is 25.3. The molecule has 0 heterocycles. The van der Waals surface area contributed by atoms with Crippen LogP contribution in [0.25, 0.3) is 0 Å². The van der Waals surface area contributed by atoms with Gasteiger partial charge >= 0.3 is 6.03 Å². The summed E-state index contributed by atoms with van der Waals surface area (Å²) < 4.78 is 0. The predicted octanol–water partition coefficient (Wildman–Crippen LogP) is 3.79. The third kappa shape index (κ3) is 4.68. The molecule has 0 fully saturated rings. The number of urea groups is 1. The molecule has 0 bridgehead atoms. The van der Waals surface area contributed by atoms with Crippen molar-refractivity contribution in [3.63, 3.8) is 0 Å². The molecule has 1 N–H and O–H groups in total. The first-order valence-corrected chi connectivity index (χ1v) is 7.14. The fourth-order valence-corrected chi connectivity index (χ4v) is 1.88. The smallest absolute Gasteiger partial charge is 0.321 e. The van der Waals surface area contributed by atoms with E-state index in [0.717, 1.165) is 13.0 Å². The number of rotatable bonds is 6. The van der Waals surface area contributed by atoms with E-state index in [1.165, 1.54) is 6.92 Å². The van der Waals surface area contributed by atoms with Crippen LogP contribution in [0.3, 0.4) is 0 Å². The highest BCUT2D eigenvalue weighted by Crippen LogP contribution is 2.13. The van der Waals surface area contributed by atoms with E-state index in [4.69, 9.17) is 0 Å². The van der Waals surface area contributed by atoms with Crippen molar-refractivity contribution in [2.24, 2.45) is 5.92 Å². The quantitative estimate of drug-likeness (QED) is 0.804. The molecule has 1 rings (SSSR count).